The third-order valence-electron chi connectivity index (χ3n) is 5.83. The Kier molecular flexibility index (Phi) is 5.13. The second-order valence-corrected chi connectivity index (χ2v) is 8.45. The van der Waals surface area contributed by atoms with Gasteiger partial charge in [0.25, 0.3) is 5.91 Å². The predicted octanol–water partition coefficient (Wildman–Crippen LogP) is 4.20. The molecule has 1 aliphatic heterocycles. The van der Waals surface area contributed by atoms with Crippen LogP contribution in [0.2, 0.25) is 0 Å². The lowest BCUT2D eigenvalue weighted by Gasteiger charge is -2.16. The number of nitrogens with one attached hydrogen (secondary N) is 1. The first-order valence-corrected chi connectivity index (χ1v) is 10.9. The highest BCUT2D eigenvalue weighted by Gasteiger charge is 2.20. The van der Waals surface area contributed by atoms with E-state index in [1.54, 1.807) is 23.0 Å². The number of pyridine rings is 1. The summed E-state index contributed by atoms with van der Waals surface area (Å²) in [6.07, 6.45) is 3.63. The molecule has 164 valence electrons. The lowest BCUT2D eigenvalue weighted by molar-refractivity contribution is 0.102. The van der Waals surface area contributed by atoms with Gasteiger partial charge in [-0.3, -0.25) is 15.1 Å². The lowest BCUT2D eigenvalue weighted by Crippen LogP contribution is -2.18. The van der Waals surface area contributed by atoms with E-state index >= 15 is 0 Å². The highest BCUT2D eigenvalue weighted by Crippen LogP contribution is 2.30. The number of rotatable bonds is 0. The third-order valence-corrected chi connectivity index (χ3v) is 5.83. The number of aryl methyl sites for hydroxylation is 2. The normalized spacial score (nSPS) is 17.0. The molecule has 5 rings (SSSR count). The smallest absolute Gasteiger partial charge is 0.258 e. The van der Waals surface area contributed by atoms with Crippen molar-refractivity contribution in [2.24, 2.45) is 13.0 Å². The average molecular weight is 431 g/mol. The number of para-hydroxylation sites is 2. The topological polar surface area (TPSA) is 86.9 Å². The van der Waals surface area contributed by atoms with Gasteiger partial charge in [0.15, 0.2) is 0 Å². The Labute approximate surface area is 186 Å². The molecule has 1 aromatic carbocycles. The molecule has 0 saturated carbocycles. The van der Waals surface area contributed by atoms with Crippen molar-refractivity contribution in [1.29, 1.82) is 0 Å². The van der Waals surface area contributed by atoms with Gasteiger partial charge in [-0.05, 0) is 49.9 Å². The van der Waals surface area contributed by atoms with E-state index in [0.29, 0.717) is 35.6 Å². The molecule has 8 heteroatoms. The van der Waals surface area contributed by atoms with Crippen LogP contribution in [0.4, 0.5) is 5.95 Å². The maximum absolute atomic E-state index is 13.3. The summed E-state index contributed by atoms with van der Waals surface area (Å²) in [6.45, 7) is 5.44. The molecule has 0 aliphatic carbocycles. The van der Waals surface area contributed by atoms with E-state index < -0.39 is 0 Å². The van der Waals surface area contributed by atoms with Gasteiger partial charge in [0.1, 0.15) is 0 Å². The second kappa shape index (κ2) is 8.11. The Morgan fingerprint density at radius 1 is 1.19 bits per heavy atom. The molecule has 0 radical (unpaired) electrons. The van der Waals surface area contributed by atoms with E-state index in [-0.39, 0.29) is 5.91 Å². The summed E-state index contributed by atoms with van der Waals surface area (Å²) in [5.74, 6) is 1.39. The Bertz CT molecular complexity index is 1310. The van der Waals surface area contributed by atoms with Gasteiger partial charge in [-0.2, -0.15) is 5.10 Å². The van der Waals surface area contributed by atoms with Crippen LogP contribution in [-0.4, -0.2) is 36.8 Å². The number of amides is 1. The molecule has 0 saturated heterocycles. The van der Waals surface area contributed by atoms with Crippen LogP contribution in [0.3, 0.4) is 0 Å². The third kappa shape index (κ3) is 3.72. The van der Waals surface area contributed by atoms with Crippen molar-refractivity contribution in [3.8, 4) is 17.1 Å². The summed E-state index contributed by atoms with van der Waals surface area (Å²) in [4.78, 5) is 22.6. The maximum Gasteiger partial charge on any atom is 0.258 e. The monoisotopic (exact) mass is 430 g/mol. The van der Waals surface area contributed by atoms with E-state index in [1.165, 1.54) is 0 Å². The van der Waals surface area contributed by atoms with Gasteiger partial charge in [-0.1, -0.05) is 19.1 Å². The number of aromatic nitrogens is 5. The SMILES string of the molecule is Cc1cc2cc(n1)-c1cnn(C)c1OCCC[C@@H](C)Cn1c(nc3ccccc31)NC2=O. The molecule has 4 aromatic rings. The van der Waals surface area contributed by atoms with E-state index in [4.69, 9.17) is 9.72 Å². The molecular weight excluding hydrogens is 404 g/mol. The van der Waals surface area contributed by atoms with Crippen LogP contribution in [0.15, 0.2) is 42.6 Å². The molecule has 0 fully saturated rings. The predicted molar refractivity (Wildman–Crippen MR) is 123 cm³/mol. The molecule has 0 unspecified atom stereocenters. The Morgan fingerprint density at radius 2 is 2.03 bits per heavy atom. The minimum atomic E-state index is -0.220. The molecular formula is C24H26N6O2. The van der Waals surface area contributed by atoms with E-state index in [9.17, 15) is 4.79 Å². The van der Waals surface area contributed by atoms with E-state index in [2.05, 4.69) is 26.9 Å². The largest absolute Gasteiger partial charge is 0.477 e. The summed E-state index contributed by atoms with van der Waals surface area (Å²) in [5, 5.41) is 7.39. The van der Waals surface area contributed by atoms with Crippen LogP contribution < -0.4 is 10.1 Å². The first-order valence-electron chi connectivity index (χ1n) is 10.9. The van der Waals surface area contributed by atoms with Gasteiger partial charge >= 0.3 is 0 Å². The fourth-order valence-electron chi connectivity index (χ4n) is 4.24. The Hall–Kier alpha value is -3.68. The van der Waals surface area contributed by atoms with Gasteiger partial charge < -0.3 is 9.30 Å². The molecule has 1 atom stereocenters. The minimum absolute atomic E-state index is 0.220. The molecule has 1 amide bonds. The fraction of sp³-hybridized carbons (Fsp3) is 0.333. The van der Waals surface area contributed by atoms with Gasteiger partial charge in [-0.25, -0.2) is 9.67 Å². The van der Waals surface area contributed by atoms with Crippen molar-refractivity contribution in [1.82, 2.24) is 24.3 Å². The molecule has 0 spiro atoms. The summed E-state index contributed by atoms with van der Waals surface area (Å²) < 4.78 is 9.93. The van der Waals surface area contributed by atoms with Crippen molar-refractivity contribution >= 4 is 22.9 Å². The number of carbonyl (C=O) groups excluding carboxylic acids is 1. The highest BCUT2D eigenvalue weighted by molar-refractivity contribution is 6.04. The molecule has 32 heavy (non-hydrogen) atoms. The van der Waals surface area contributed by atoms with Crippen molar-refractivity contribution < 1.29 is 9.53 Å². The van der Waals surface area contributed by atoms with Crippen LogP contribution >= 0.6 is 0 Å². The number of fused-ring (bicyclic) bond motifs is 7. The molecule has 1 N–H and O–H groups in total. The average Bonchev–Trinajstić information content (AvgIpc) is 3.30. The van der Waals surface area contributed by atoms with E-state index in [0.717, 1.165) is 41.7 Å². The van der Waals surface area contributed by atoms with Crippen LogP contribution in [0.25, 0.3) is 22.3 Å². The van der Waals surface area contributed by atoms with Crippen LogP contribution in [0, 0.1) is 12.8 Å². The van der Waals surface area contributed by atoms with E-state index in [1.807, 2.05) is 38.2 Å². The lowest BCUT2D eigenvalue weighted by atomic mass is 10.1. The zero-order valence-electron chi connectivity index (χ0n) is 18.5. The number of carbonyl (C=O) groups is 1. The van der Waals surface area contributed by atoms with Gasteiger partial charge in [-0.15, -0.1) is 0 Å². The van der Waals surface area contributed by atoms with Gasteiger partial charge in [0.05, 0.1) is 35.1 Å². The molecule has 2 bridgehead atoms. The molecule has 8 nitrogen and oxygen atoms in total. The van der Waals surface area contributed by atoms with Gasteiger partial charge in [0, 0.05) is 24.8 Å². The standard InChI is InChI=1S/C24H26N6O2/c1-15-7-6-10-32-23-18(13-25-29(23)3)20-12-17(11-16(2)26-20)22(31)28-24-27-19-8-4-5-9-21(19)30(24)14-15/h4-5,8-9,11-13,15H,6-7,10,14H2,1-3H3,(H,27,28,31)/t15-/m1/s1. The number of hydrogen-bond acceptors (Lipinski definition) is 5. The number of ether oxygens (including phenoxy) is 1. The number of hydrogen-bond donors (Lipinski definition) is 1. The fourth-order valence-corrected chi connectivity index (χ4v) is 4.24. The first-order chi connectivity index (χ1) is 15.5. The number of imidazole rings is 1. The van der Waals surface area contributed by atoms with Gasteiger partial charge in [0.2, 0.25) is 11.8 Å². The zero-order valence-corrected chi connectivity index (χ0v) is 18.5. The van der Waals surface area contributed by atoms with Crippen molar-refractivity contribution in [3.05, 3.63) is 53.9 Å². The Morgan fingerprint density at radius 3 is 2.91 bits per heavy atom. The van der Waals surface area contributed by atoms with Crippen LogP contribution in [0.1, 0.15) is 35.8 Å². The minimum Gasteiger partial charge on any atom is -0.477 e. The zero-order chi connectivity index (χ0) is 22.2. The van der Waals surface area contributed by atoms with Crippen molar-refractivity contribution in [2.45, 2.75) is 33.2 Å². The number of benzene rings is 1. The summed E-state index contributed by atoms with van der Waals surface area (Å²) in [5.41, 5.74) is 4.58. The Balaban J connectivity index is 1.62. The highest BCUT2D eigenvalue weighted by atomic mass is 16.5. The molecule has 1 aliphatic rings. The number of nitrogens with zero attached hydrogens (tertiary/aromatic N) is 5. The summed E-state index contributed by atoms with van der Waals surface area (Å²) in [6, 6.07) is 11.5. The number of anilines is 1. The second-order valence-electron chi connectivity index (χ2n) is 8.45. The molecule has 3 aromatic heterocycles. The summed E-state index contributed by atoms with van der Waals surface area (Å²) >= 11 is 0. The first kappa shape index (κ1) is 20.2. The van der Waals surface area contributed by atoms with Crippen LogP contribution in [0.5, 0.6) is 5.88 Å². The van der Waals surface area contributed by atoms with Crippen molar-refractivity contribution in [3.63, 3.8) is 0 Å². The van der Waals surface area contributed by atoms with Crippen LogP contribution in [-0.2, 0) is 13.6 Å². The van der Waals surface area contributed by atoms with Crippen molar-refractivity contribution in [2.75, 3.05) is 11.9 Å². The summed E-state index contributed by atoms with van der Waals surface area (Å²) in [7, 11) is 1.85. The maximum atomic E-state index is 13.3. The quantitative estimate of drug-likeness (QED) is 0.452. The molecule has 4 heterocycles.